The van der Waals surface area contributed by atoms with Crippen molar-refractivity contribution < 1.29 is 9.47 Å². The monoisotopic (exact) mass is 236 g/mol. The van der Waals surface area contributed by atoms with Gasteiger partial charge in [-0.05, 0) is 23.8 Å². The van der Waals surface area contributed by atoms with Gasteiger partial charge in [0.25, 0.3) is 0 Å². The molecule has 0 saturated carbocycles. The fourth-order valence-corrected chi connectivity index (χ4v) is 1.85. The van der Waals surface area contributed by atoms with E-state index in [4.69, 9.17) is 9.47 Å². The van der Waals surface area contributed by atoms with E-state index in [0.29, 0.717) is 5.13 Å². The van der Waals surface area contributed by atoms with Crippen LogP contribution >= 0.6 is 11.5 Å². The maximum Gasteiger partial charge on any atom is 0.231 e. The highest BCUT2D eigenvalue weighted by Crippen LogP contribution is 2.37. The molecular formula is C9H8N4O2S. The largest absolute Gasteiger partial charge is 0.454 e. The van der Waals surface area contributed by atoms with E-state index in [2.05, 4.69) is 20.1 Å². The van der Waals surface area contributed by atoms with Gasteiger partial charge >= 0.3 is 0 Å². The van der Waals surface area contributed by atoms with Gasteiger partial charge in [-0.2, -0.15) is 0 Å². The molecule has 16 heavy (non-hydrogen) atoms. The Morgan fingerprint density at radius 3 is 2.88 bits per heavy atom. The molecule has 0 spiro atoms. The van der Waals surface area contributed by atoms with Crippen molar-refractivity contribution >= 4 is 22.4 Å². The van der Waals surface area contributed by atoms with Crippen molar-refractivity contribution in [2.75, 3.05) is 12.1 Å². The van der Waals surface area contributed by atoms with Crippen LogP contribution in [0.4, 0.5) is 10.8 Å². The molecule has 6 nitrogen and oxygen atoms in total. The number of fused-ring (bicyclic) bond motifs is 1. The number of benzene rings is 1. The zero-order chi connectivity index (χ0) is 11.0. The standard InChI is InChI=1S/C9H8N4O2S/c1-5-2-7-8(15-4-14-7)3-6(5)10-9-11-12-13-16-9/h2-3H,4H2,1H3,(H,10,11,13). The van der Waals surface area contributed by atoms with E-state index < -0.39 is 0 Å². The molecule has 0 unspecified atom stereocenters. The number of anilines is 2. The van der Waals surface area contributed by atoms with Crippen LogP contribution in [0.2, 0.25) is 0 Å². The predicted octanol–water partition coefficient (Wildman–Crippen LogP) is 1.71. The quantitative estimate of drug-likeness (QED) is 0.856. The third-order valence-electron chi connectivity index (χ3n) is 2.26. The lowest BCUT2D eigenvalue weighted by atomic mass is 10.2. The Labute approximate surface area is 95.4 Å². The van der Waals surface area contributed by atoms with Gasteiger partial charge in [-0.1, -0.05) is 9.59 Å². The minimum Gasteiger partial charge on any atom is -0.454 e. The second-order valence-electron chi connectivity index (χ2n) is 3.31. The van der Waals surface area contributed by atoms with Crippen molar-refractivity contribution in [2.24, 2.45) is 0 Å². The van der Waals surface area contributed by atoms with Gasteiger partial charge in [0.15, 0.2) is 11.5 Å². The van der Waals surface area contributed by atoms with Crippen LogP contribution in [-0.4, -0.2) is 21.6 Å². The van der Waals surface area contributed by atoms with Gasteiger partial charge in [-0.15, -0.1) is 0 Å². The number of rotatable bonds is 2. The van der Waals surface area contributed by atoms with E-state index in [-0.39, 0.29) is 6.79 Å². The molecule has 3 rings (SSSR count). The number of nitrogens with zero attached hydrogens (tertiary/aromatic N) is 3. The lowest BCUT2D eigenvalue weighted by molar-refractivity contribution is 0.174. The van der Waals surface area contributed by atoms with Gasteiger partial charge < -0.3 is 14.8 Å². The number of hydrogen-bond donors (Lipinski definition) is 1. The van der Waals surface area contributed by atoms with Crippen LogP contribution in [0, 0.1) is 6.92 Å². The Morgan fingerprint density at radius 2 is 2.12 bits per heavy atom. The summed E-state index contributed by atoms with van der Waals surface area (Å²) in [4.78, 5) is 0. The Bertz CT molecular complexity index is 514. The molecule has 1 aromatic heterocycles. The molecular weight excluding hydrogens is 228 g/mol. The molecule has 1 aromatic carbocycles. The second-order valence-corrected chi connectivity index (χ2v) is 4.05. The highest BCUT2D eigenvalue weighted by Gasteiger charge is 2.16. The van der Waals surface area contributed by atoms with Crippen molar-refractivity contribution in [3.05, 3.63) is 17.7 Å². The summed E-state index contributed by atoms with van der Waals surface area (Å²) in [7, 11) is 0. The second kappa shape index (κ2) is 3.60. The molecule has 1 N–H and O–H groups in total. The topological polar surface area (TPSA) is 69.2 Å². The first-order chi connectivity index (χ1) is 7.83. The molecule has 7 heteroatoms. The van der Waals surface area contributed by atoms with E-state index in [0.717, 1.165) is 22.7 Å². The molecule has 2 aromatic rings. The third-order valence-corrected chi connectivity index (χ3v) is 2.77. The Hall–Kier alpha value is -1.89. The van der Waals surface area contributed by atoms with Gasteiger partial charge in [0.1, 0.15) is 0 Å². The highest BCUT2D eigenvalue weighted by atomic mass is 32.1. The van der Waals surface area contributed by atoms with Gasteiger partial charge in [-0.3, -0.25) is 0 Å². The first kappa shape index (κ1) is 9.34. The summed E-state index contributed by atoms with van der Waals surface area (Å²) >= 11 is 1.20. The van der Waals surface area contributed by atoms with Gasteiger partial charge in [0.2, 0.25) is 11.9 Å². The number of aryl methyl sites for hydroxylation is 1. The summed E-state index contributed by atoms with van der Waals surface area (Å²) in [6.45, 7) is 2.26. The summed E-state index contributed by atoms with van der Waals surface area (Å²) in [6, 6.07) is 3.82. The molecule has 1 aliphatic heterocycles. The Morgan fingerprint density at radius 1 is 1.31 bits per heavy atom. The van der Waals surface area contributed by atoms with E-state index in [1.54, 1.807) is 0 Å². The summed E-state index contributed by atoms with van der Waals surface area (Å²) < 4.78 is 14.3. The molecule has 0 atom stereocenters. The molecule has 0 bridgehead atoms. The van der Waals surface area contributed by atoms with Crippen LogP contribution < -0.4 is 14.8 Å². The lowest BCUT2D eigenvalue weighted by Crippen LogP contribution is -1.93. The SMILES string of the molecule is Cc1cc2c(cc1Nc1nnns1)OCO2. The summed E-state index contributed by atoms with van der Waals surface area (Å²) in [5.74, 6) is 1.52. The maximum absolute atomic E-state index is 5.30. The number of aromatic nitrogens is 3. The van der Waals surface area contributed by atoms with Crippen molar-refractivity contribution in [1.29, 1.82) is 0 Å². The van der Waals surface area contributed by atoms with Crippen LogP contribution in [0.5, 0.6) is 11.5 Å². The van der Waals surface area contributed by atoms with Crippen LogP contribution in [0.1, 0.15) is 5.56 Å². The van der Waals surface area contributed by atoms with Gasteiger partial charge in [-0.25, -0.2) is 0 Å². The minimum atomic E-state index is 0.276. The highest BCUT2D eigenvalue weighted by molar-refractivity contribution is 7.09. The number of ether oxygens (including phenoxy) is 2. The van der Waals surface area contributed by atoms with Crippen molar-refractivity contribution in [3.8, 4) is 11.5 Å². The van der Waals surface area contributed by atoms with Crippen LogP contribution in [0.3, 0.4) is 0 Å². The summed E-state index contributed by atoms with van der Waals surface area (Å²) in [5, 5.41) is 11.1. The van der Waals surface area contributed by atoms with E-state index in [1.807, 2.05) is 19.1 Å². The summed E-state index contributed by atoms with van der Waals surface area (Å²) in [6.07, 6.45) is 0. The molecule has 1 aliphatic rings. The van der Waals surface area contributed by atoms with Gasteiger partial charge in [0, 0.05) is 23.3 Å². The molecule has 0 saturated heterocycles. The molecule has 0 amide bonds. The average Bonchev–Trinajstić information content (AvgIpc) is 2.89. The van der Waals surface area contributed by atoms with E-state index >= 15 is 0 Å². The maximum atomic E-state index is 5.30. The van der Waals surface area contributed by atoms with Crippen molar-refractivity contribution in [1.82, 2.24) is 14.8 Å². The van der Waals surface area contributed by atoms with Gasteiger partial charge in [0.05, 0.1) is 0 Å². The van der Waals surface area contributed by atoms with Crippen LogP contribution in [0.15, 0.2) is 12.1 Å². The van der Waals surface area contributed by atoms with Crippen molar-refractivity contribution in [2.45, 2.75) is 6.92 Å². The van der Waals surface area contributed by atoms with E-state index in [1.165, 1.54) is 11.5 Å². The third kappa shape index (κ3) is 1.54. The average molecular weight is 236 g/mol. The van der Waals surface area contributed by atoms with Crippen LogP contribution in [0.25, 0.3) is 0 Å². The Balaban J connectivity index is 1.95. The summed E-state index contributed by atoms with van der Waals surface area (Å²) in [5.41, 5.74) is 1.97. The molecule has 0 aliphatic carbocycles. The zero-order valence-corrected chi connectivity index (χ0v) is 9.24. The van der Waals surface area contributed by atoms with E-state index in [9.17, 15) is 0 Å². The number of hydrogen-bond acceptors (Lipinski definition) is 7. The molecule has 0 radical (unpaired) electrons. The van der Waals surface area contributed by atoms with Crippen molar-refractivity contribution in [3.63, 3.8) is 0 Å². The molecule has 2 heterocycles. The molecule has 0 fully saturated rings. The normalized spacial score (nSPS) is 12.8. The smallest absolute Gasteiger partial charge is 0.231 e. The first-order valence-corrected chi connectivity index (χ1v) is 5.42. The number of nitrogens with one attached hydrogen (secondary N) is 1. The molecule has 82 valence electrons. The first-order valence-electron chi connectivity index (χ1n) is 4.65. The minimum absolute atomic E-state index is 0.276. The fraction of sp³-hybridized carbons (Fsp3) is 0.222. The fourth-order valence-electron chi connectivity index (χ4n) is 1.48. The zero-order valence-electron chi connectivity index (χ0n) is 8.43. The lowest BCUT2D eigenvalue weighted by Gasteiger charge is -2.07. The van der Waals surface area contributed by atoms with Crippen LogP contribution in [-0.2, 0) is 0 Å². The predicted molar refractivity (Wildman–Crippen MR) is 58.3 cm³/mol. The Kier molecular flexibility index (Phi) is 2.10.